The van der Waals surface area contributed by atoms with Crippen molar-refractivity contribution >= 4 is 12.4 Å². The Morgan fingerprint density at radius 2 is 1.32 bits per heavy atom. The molecule has 0 bridgehead atoms. The minimum Gasteiger partial charge on any atom is -0.290 e. The molecular weight excluding hydrogens is 268 g/mol. The molecule has 2 aromatic carbocycles. The van der Waals surface area contributed by atoms with Gasteiger partial charge in [0.2, 0.25) is 0 Å². The molecule has 114 valence electrons. The average molecular weight is 292 g/mol. The first-order valence-electron chi connectivity index (χ1n) is 7.69. The third kappa shape index (κ3) is 5.28. The van der Waals surface area contributed by atoms with Crippen LogP contribution in [0.15, 0.2) is 70.6 Å². The first-order chi connectivity index (χ1) is 10.6. The fraction of sp³-hybridized carbons (Fsp3) is 0.300. The van der Waals surface area contributed by atoms with E-state index in [1.165, 1.54) is 0 Å². The molecule has 0 aliphatic rings. The SMILES string of the molecule is CC(C)(C)C(CN=Cc1ccccc1)N=Cc1ccccc1. The lowest BCUT2D eigenvalue weighted by Gasteiger charge is -2.25. The minimum absolute atomic E-state index is 0.0826. The zero-order valence-corrected chi connectivity index (χ0v) is 13.6. The van der Waals surface area contributed by atoms with E-state index in [2.05, 4.69) is 50.0 Å². The van der Waals surface area contributed by atoms with Gasteiger partial charge in [0.1, 0.15) is 0 Å². The second-order valence-electron chi connectivity index (χ2n) is 6.48. The highest BCUT2D eigenvalue weighted by Crippen LogP contribution is 2.22. The Morgan fingerprint density at radius 1 is 0.818 bits per heavy atom. The third-order valence-electron chi connectivity index (χ3n) is 3.52. The van der Waals surface area contributed by atoms with Gasteiger partial charge in [-0.2, -0.15) is 0 Å². The maximum atomic E-state index is 4.76. The quantitative estimate of drug-likeness (QED) is 0.717. The van der Waals surface area contributed by atoms with Gasteiger partial charge >= 0.3 is 0 Å². The van der Waals surface area contributed by atoms with E-state index in [4.69, 9.17) is 4.99 Å². The van der Waals surface area contributed by atoms with Crippen molar-refractivity contribution in [2.24, 2.45) is 15.4 Å². The monoisotopic (exact) mass is 292 g/mol. The van der Waals surface area contributed by atoms with Gasteiger partial charge in [-0.3, -0.25) is 9.98 Å². The molecule has 0 amide bonds. The first-order valence-corrected chi connectivity index (χ1v) is 7.69. The molecule has 0 aromatic heterocycles. The van der Waals surface area contributed by atoms with E-state index in [0.29, 0.717) is 6.54 Å². The van der Waals surface area contributed by atoms with Gasteiger partial charge in [-0.25, -0.2) is 0 Å². The summed E-state index contributed by atoms with van der Waals surface area (Å²) in [6.07, 6.45) is 3.88. The summed E-state index contributed by atoms with van der Waals surface area (Å²) in [6.45, 7) is 7.32. The maximum absolute atomic E-state index is 4.76. The third-order valence-corrected chi connectivity index (χ3v) is 3.52. The summed E-state index contributed by atoms with van der Waals surface area (Å²) in [4.78, 5) is 9.34. The van der Waals surface area contributed by atoms with Gasteiger partial charge < -0.3 is 0 Å². The van der Waals surface area contributed by atoms with E-state index in [9.17, 15) is 0 Å². The second-order valence-corrected chi connectivity index (χ2v) is 6.48. The van der Waals surface area contributed by atoms with Crippen LogP contribution in [-0.4, -0.2) is 25.0 Å². The molecule has 0 aliphatic carbocycles. The molecule has 0 radical (unpaired) electrons. The largest absolute Gasteiger partial charge is 0.290 e. The molecule has 2 nitrogen and oxygen atoms in total. The van der Waals surface area contributed by atoms with Gasteiger partial charge in [-0.15, -0.1) is 0 Å². The van der Waals surface area contributed by atoms with E-state index in [1.807, 2.05) is 48.8 Å². The van der Waals surface area contributed by atoms with Crippen LogP contribution >= 0.6 is 0 Å². The Balaban J connectivity index is 2.04. The Labute approximate surface area is 133 Å². The van der Waals surface area contributed by atoms with Crippen LogP contribution in [0.1, 0.15) is 31.9 Å². The lowest BCUT2D eigenvalue weighted by molar-refractivity contribution is 0.329. The van der Waals surface area contributed by atoms with Crippen molar-refractivity contribution in [1.82, 2.24) is 0 Å². The predicted octanol–water partition coefficient (Wildman–Crippen LogP) is 4.64. The summed E-state index contributed by atoms with van der Waals surface area (Å²) in [7, 11) is 0. The standard InChI is InChI=1S/C20H24N2/c1-20(2,3)19(22-15-18-12-8-5-9-13-18)16-21-14-17-10-6-4-7-11-17/h4-15,19H,16H2,1-3H3. The molecule has 0 N–H and O–H groups in total. The summed E-state index contributed by atoms with van der Waals surface area (Å²) in [5, 5.41) is 0. The summed E-state index contributed by atoms with van der Waals surface area (Å²) >= 11 is 0. The van der Waals surface area contributed by atoms with Crippen molar-refractivity contribution in [2.45, 2.75) is 26.8 Å². The summed E-state index contributed by atoms with van der Waals surface area (Å²) in [5.41, 5.74) is 2.34. The molecule has 22 heavy (non-hydrogen) atoms. The Morgan fingerprint density at radius 3 is 1.82 bits per heavy atom. The Kier molecular flexibility index (Phi) is 5.65. The number of benzene rings is 2. The molecule has 0 saturated heterocycles. The summed E-state index contributed by atoms with van der Waals surface area (Å²) in [6, 6.07) is 20.5. The molecule has 0 heterocycles. The molecule has 2 aromatic rings. The van der Waals surface area contributed by atoms with Crippen molar-refractivity contribution in [2.75, 3.05) is 6.54 Å². The number of aliphatic imine (C=N–C) groups is 2. The summed E-state index contributed by atoms with van der Waals surface area (Å²) < 4.78 is 0. The molecule has 0 spiro atoms. The molecule has 0 saturated carbocycles. The Hall–Kier alpha value is -2.22. The van der Waals surface area contributed by atoms with Crippen LogP contribution in [0.4, 0.5) is 0 Å². The van der Waals surface area contributed by atoms with Crippen molar-refractivity contribution in [1.29, 1.82) is 0 Å². The number of rotatable bonds is 5. The van der Waals surface area contributed by atoms with E-state index in [-0.39, 0.29) is 11.5 Å². The molecule has 0 fully saturated rings. The van der Waals surface area contributed by atoms with Gasteiger partial charge in [0.25, 0.3) is 0 Å². The highest BCUT2D eigenvalue weighted by atomic mass is 14.9. The topological polar surface area (TPSA) is 24.7 Å². The number of hydrogen-bond acceptors (Lipinski definition) is 2. The number of hydrogen-bond donors (Lipinski definition) is 0. The first kappa shape index (κ1) is 16.2. The van der Waals surface area contributed by atoms with Gasteiger partial charge in [-0.05, 0) is 16.5 Å². The highest BCUT2D eigenvalue weighted by Gasteiger charge is 2.22. The van der Waals surface area contributed by atoms with Crippen LogP contribution in [-0.2, 0) is 0 Å². The van der Waals surface area contributed by atoms with Gasteiger partial charge in [0.15, 0.2) is 0 Å². The lowest BCUT2D eigenvalue weighted by Crippen LogP contribution is -2.27. The Bertz CT molecular complexity index is 607. The van der Waals surface area contributed by atoms with Crippen LogP contribution in [0, 0.1) is 5.41 Å². The van der Waals surface area contributed by atoms with Crippen molar-refractivity contribution in [3.63, 3.8) is 0 Å². The smallest absolute Gasteiger partial charge is 0.0743 e. The molecule has 2 rings (SSSR count). The van der Waals surface area contributed by atoms with E-state index < -0.39 is 0 Å². The zero-order chi connectivity index (χ0) is 15.8. The van der Waals surface area contributed by atoms with Crippen LogP contribution < -0.4 is 0 Å². The van der Waals surface area contributed by atoms with Crippen LogP contribution in [0.25, 0.3) is 0 Å². The normalized spacial score (nSPS) is 13.8. The maximum Gasteiger partial charge on any atom is 0.0743 e. The predicted molar refractivity (Wildman–Crippen MR) is 96.2 cm³/mol. The lowest BCUT2D eigenvalue weighted by atomic mass is 9.87. The fourth-order valence-electron chi connectivity index (χ4n) is 2.06. The van der Waals surface area contributed by atoms with Crippen molar-refractivity contribution in [3.05, 3.63) is 71.8 Å². The van der Waals surface area contributed by atoms with Crippen molar-refractivity contribution < 1.29 is 0 Å². The van der Waals surface area contributed by atoms with Crippen LogP contribution in [0.2, 0.25) is 0 Å². The molecule has 0 aliphatic heterocycles. The second kappa shape index (κ2) is 7.69. The van der Waals surface area contributed by atoms with Crippen molar-refractivity contribution in [3.8, 4) is 0 Å². The van der Waals surface area contributed by atoms with E-state index in [1.54, 1.807) is 0 Å². The zero-order valence-electron chi connectivity index (χ0n) is 13.6. The molecule has 2 heteroatoms. The fourth-order valence-corrected chi connectivity index (χ4v) is 2.06. The highest BCUT2D eigenvalue weighted by molar-refractivity contribution is 5.80. The van der Waals surface area contributed by atoms with E-state index in [0.717, 1.165) is 11.1 Å². The summed E-state index contributed by atoms with van der Waals surface area (Å²) in [5.74, 6) is 0. The molecule has 1 unspecified atom stereocenters. The van der Waals surface area contributed by atoms with Gasteiger partial charge in [0.05, 0.1) is 12.6 Å². The van der Waals surface area contributed by atoms with Crippen LogP contribution in [0.3, 0.4) is 0 Å². The molecular formula is C20H24N2. The van der Waals surface area contributed by atoms with E-state index >= 15 is 0 Å². The van der Waals surface area contributed by atoms with Gasteiger partial charge in [-0.1, -0.05) is 81.4 Å². The van der Waals surface area contributed by atoms with Crippen LogP contribution in [0.5, 0.6) is 0 Å². The average Bonchev–Trinajstić information content (AvgIpc) is 2.51. The van der Waals surface area contributed by atoms with Gasteiger partial charge in [0, 0.05) is 12.4 Å². The minimum atomic E-state index is 0.0826. The molecule has 1 atom stereocenters. The number of nitrogens with zero attached hydrogens (tertiary/aromatic N) is 2.